The molecular weight excluding hydrogens is 305 g/mol. The van der Waals surface area contributed by atoms with Crippen LogP contribution in [-0.4, -0.2) is 36.7 Å². The predicted molar refractivity (Wildman–Crippen MR) is 89.6 cm³/mol. The van der Waals surface area contributed by atoms with Crippen LogP contribution < -0.4 is 16.4 Å². The molecule has 2 aromatic rings. The molecule has 0 saturated heterocycles. The summed E-state index contributed by atoms with van der Waals surface area (Å²) in [5, 5.41) is 5.59. The molecule has 0 saturated carbocycles. The molecule has 0 bridgehead atoms. The largest absolute Gasteiger partial charge is 0.325 e. The highest BCUT2D eigenvalue weighted by molar-refractivity contribution is 6.06. The van der Waals surface area contributed by atoms with Crippen LogP contribution in [0.5, 0.6) is 0 Å². The molecule has 4 N–H and O–H groups in total. The average molecular weight is 320 g/mol. The minimum atomic E-state index is -0.643. The first-order valence-corrected chi connectivity index (χ1v) is 7.36. The highest BCUT2D eigenvalue weighted by atomic mass is 16.2. The van der Waals surface area contributed by atoms with Gasteiger partial charge in [-0.1, -0.05) is 6.07 Å². The second-order valence-electron chi connectivity index (χ2n) is 5.91. The Morgan fingerprint density at radius 2 is 2.12 bits per heavy atom. The number of nitrogens with one attached hydrogen (secondary N) is 2. The number of aromatic nitrogens is 2. The van der Waals surface area contributed by atoms with Gasteiger partial charge in [0.25, 0.3) is 0 Å². The number of nitrogens with two attached hydrogens (primary N) is 1. The first-order valence-electron chi connectivity index (χ1n) is 7.36. The van der Waals surface area contributed by atoms with Crippen molar-refractivity contribution in [1.29, 1.82) is 0 Å². The Balaban J connectivity index is 0.00000169. The number of benzene rings is 1. The van der Waals surface area contributed by atoms with Gasteiger partial charge in [-0.3, -0.25) is 9.59 Å². The van der Waals surface area contributed by atoms with Gasteiger partial charge in [0.15, 0.2) is 0 Å². The zero-order chi connectivity index (χ0) is 16.0. The van der Waals surface area contributed by atoms with Gasteiger partial charge in [-0.25, -0.2) is 9.97 Å². The first kappa shape index (κ1) is 16.1. The number of hydrogen-bond donors (Lipinski definition) is 3. The summed E-state index contributed by atoms with van der Waals surface area (Å²) in [5.74, 6) is 0.307. The molecule has 0 fully saturated rings. The van der Waals surface area contributed by atoms with Gasteiger partial charge >= 0.3 is 0 Å². The van der Waals surface area contributed by atoms with Gasteiger partial charge in [0.05, 0.1) is 12.0 Å². The van der Waals surface area contributed by atoms with Crippen molar-refractivity contribution in [2.45, 2.75) is 18.3 Å². The van der Waals surface area contributed by atoms with E-state index in [-0.39, 0.29) is 26.8 Å². The van der Waals surface area contributed by atoms with E-state index in [1.165, 1.54) is 6.33 Å². The van der Waals surface area contributed by atoms with Crippen molar-refractivity contribution in [3.63, 3.8) is 0 Å². The van der Waals surface area contributed by atoms with E-state index in [9.17, 15) is 9.59 Å². The van der Waals surface area contributed by atoms with Crippen LogP contribution >= 0.6 is 0 Å². The van der Waals surface area contributed by atoms with E-state index in [1.807, 2.05) is 18.2 Å². The van der Waals surface area contributed by atoms with Crippen molar-refractivity contribution in [3.8, 4) is 0 Å². The smallest absolute Gasteiger partial charge is 0.238 e. The van der Waals surface area contributed by atoms with Crippen molar-refractivity contribution in [1.82, 2.24) is 9.97 Å². The molecule has 1 aromatic carbocycles. The van der Waals surface area contributed by atoms with Crippen LogP contribution in [0, 0.1) is 0 Å². The summed E-state index contributed by atoms with van der Waals surface area (Å²) in [6.07, 6.45) is 4.32. The van der Waals surface area contributed by atoms with Crippen molar-refractivity contribution < 1.29 is 9.59 Å². The number of nitrogens with zero attached hydrogens (tertiary/aromatic N) is 2. The Morgan fingerprint density at radius 3 is 2.92 bits per heavy atom. The van der Waals surface area contributed by atoms with Gasteiger partial charge < -0.3 is 16.4 Å². The molecule has 2 amide bonds. The molecule has 7 nitrogen and oxygen atoms in total. The average Bonchev–Trinajstić information content (AvgIpc) is 3.06. The molecule has 1 atom stereocenters. The van der Waals surface area contributed by atoms with Gasteiger partial charge in [0.2, 0.25) is 11.8 Å². The van der Waals surface area contributed by atoms with Crippen molar-refractivity contribution >= 4 is 31.7 Å². The monoisotopic (exact) mass is 320 g/mol. The fraction of sp³-hybridized carbons (Fsp3) is 0.250. The summed E-state index contributed by atoms with van der Waals surface area (Å²) in [6.45, 7) is -0.0614. The second kappa shape index (κ2) is 5.72. The molecule has 2 aliphatic rings. The van der Waals surface area contributed by atoms with E-state index in [0.29, 0.717) is 24.3 Å². The molecule has 8 heteroatoms. The Morgan fingerprint density at radius 1 is 1.33 bits per heavy atom. The Hall–Kier alpha value is -2.74. The van der Waals surface area contributed by atoms with Gasteiger partial charge in [0.1, 0.15) is 12.1 Å². The number of fused-ring (bicyclic) bond motifs is 3. The minimum absolute atomic E-state index is 0. The van der Waals surface area contributed by atoms with E-state index in [4.69, 9.17) is 5.73 Å². The van der Waals surface area contributed by atoms with Crippen molar-refractivity contribution in [3.05, 3.63) is 47.4 Å². The number of carbonyl (C=O) groups is 2. The van der Waals surface area contributed by atoms with Crippen LogP contribution in [0.1, 0.15) is 16.7 Å². The number of hydrogen-bond acceptors (Lipinski definition) is 5. The SMILES string of the molecule is NCC(=O)Nc1ccc2c(c1)CC1(C2)C(=O)Nc2ncncc21.[B]. The van der Waals surface area contributed by atoms with Crippen LogP contribution in [0.2, 0.25) is 0 Å². The molecule has 24 heavy (non-hydrogen) atoms. The summed E-state index contributed by atoms with van der Waals surface area (Å²) in [4.78, 5) is 32.2. The van der Waals surface area contributed by atoms with Crippen LogP contribution in [0.15, 0.2) is 30.7 Å². The number of rotatable bonds is 2. The lowest BCUT2D eigenvalue weighted by Crippen LogP contribution is -2.35. The maximum absolute atomic E-state index is 12.6. The highest BCUT2D eigenvalue weighted by Crippen LogP contribution is 2.46. The summed E-state index contributed by atoms with van der Waals surface area (Å²) in [5.41, 5.74) is 8.36. The van der Waals surface area contributed by atoms with E-state index in [1.54, 1.807) is 6.20 Å². The molecule has 1 aliphatic carbocycles. The van der Waals surface area contributed by atoms with Gasteiger partial charge in [-0.05, 0) is 36.1 Å². The van der Waals surface area contributed by atoms with E-state index in [2.05, 4.69) is 20.6 Å². The highest BCUT2D eigenvalue weighted by Gasteiger charge is 2.51. The van der Waals surface area contributed by atoms with Gasteiger partial charge in [-0.15, -0.1) is 0 Å². The lowest BCUT2D eigenvalue weighted by atomic mass is 9.80. The van der Waals surface area contributed by atoms with Crippen LogP contribution in [-0.2, 0) is 27.8 Å². The normalized spacial score (nSPS) is 20.1. The molecule has 1 aliphatic heterocycles. The standard InChI is InChI=1S/C16H15N5O2.B/c17-6-13(22)20-11-2-1-9-4-16(5-10(9)3-11)12-7-18-8-19-14(12)21-15(16)23;/h1-3,7-8H,4-6,17H2,(H,20,22)(H,18,19,21,23);. The van der Waals surface area contributed by atoms with Crippen molar-refractivity contribution in [2.75, 3.05) is 17.2 Å². The molecule has 1 spiro atoms. The summed E-state index contributed by atoms with van der Waals surface area (Å²) < 4.78 is 0. The minimum Gasteiger partial charge on any atom is -0.325 e. The quantitative estimate of drug-likeness (QED) is 0.674. The van der Waals surface area contributed by atoms with Gasteiger partial charge in [-0.2, -0.15) is 0 Å². The Labute approximate surface area is 140 Å². The second-order valence-corrected chi connectivity index (χ2v) is 5.91. The van der Waals surface area contributed by atoms with Gasteiger partial charge in [0, 0.05) is 25.9 Å². The van der Waals surface area contributed by atoms with E-state index in [0.717, 1.165) is 16.7 Å². The third-order valence-electron chi connectivity index (χ3n) is 4.55. The summed E-state index contributed by atoms with van der Waals surface area (Å²) in [7, 11) is 0. The summed E-state index contributed by atoms with van der Waals surface area (Å²) >= 11 is 0. The number of anilines is 2. The first-order chi connectivity index (χ1) is 11.1. The molecule has 1 unspecified atom stereocenters. The fourth-order valence-electron chi connectivity index (χ4n) is 3.45. The third kappa shape index (κ3) is 2.27. The predicted octanol–water partition coefficient (Wildman–Crippen LogP) is -0.0183. The molecule has 1 aromatic heterocycles. The van der Waals surface area contributed by atoms with Crippen molar-refractivity contribution in [2.24, 2.45) is 5.73 Å². The zero-order valence-corrected chi connectivity index (χ0v) is 12.9. The van der Waals surface area contributed by atoms with E-state index < -0.39 is 5.41 Å². The third-order valence-corrected chi connectivity index (χ3v) is 4.55. The lowest BCUT2D eigenvalue weighted by molar-refractivity contribution is -0.120. The number of amides is 2. The lowest BCUT2D eigenvalue weighted by Gasteiger charge is -2.19. The zero-order valence-electron chi connectivity index (χ0n) is 12.9. The molecule has 4 rings (SSSR count). The Bertz CT molecular complexity index is 841. The molecular formula is C16H15BN5O2. The van der Waals surface area contributed by atoms with Crippen LogP contribution in [0.3, 0.4) is 0 Å². The maximum atomic E-state index is 12.6. The van der Waals surface area contributed by atoms with Crippen LogP contribution in [0.4, 0.5) is 11.5 Å². The summed E-state index contributed by atoms with van der Waals surface area (Å²) in [6, 6.07) is 5.69. The number of carbonyl (C=O) groups excluding carboxylic acids is 2. The maximum Gasteiger partial charge on any atom is 0.238 e. The van der Waals surface area contributed by atoms with Crippen LogP contribution in [0.25, 0.3) is 0 Å². The Kier molecular flexibility index (Phi) is 3.84. The topological polar surface area (TPSA) is 110 Å². The van der Waals surface area contributed by atoms with E-state index >= 15 is 0 Å². The molecule has 119 valence electrons. The fourth-order valence-corrected chi connectivity index (χ4v) is 3.45. The molecule has 2 heterocycles. The molecule has 3 radical (unpaired) electrons.